The van der Waals surface area contributed by atoms with Crippen LogP contribution in [0.25, 0.3) is 0 Å². The predicted molar refractivity (Wildman–Crippen MR) is 67.1 cm³/mol. The van der Waals surface area contributed by atoms with E-state index in [1.807, 2.05) is 34.6 Å². The van der Waals surface area contributed by atoms with E-state index >= 15 is 0 Å². The van der Waals surface area contributed by atoms with Crippen LogP contribution in [-0.4, -0.2) is 6.61 Å². The van der Waals surface area contributed by atoms with E-state index in [9.17, 15) is 0 Å². The van der Waals surface area contributed by atoms with Gasteiger partial charge in [0.05, 0.1) is 6.61 Å². The van der Waals surface area contributed by atoms with E-state index in [1.54, 1.807) is 11.3 Å². The molecule has 1 heterocycles. The SMILES string of the molecule is CC.CC.CCOCc1ccc(C)s1. The van der Waals surface area contributed by atoms with Gasteiger partial charge in [0.15, 0.2) is 0 Å². The first kappa shape index (κ1) is 16.1. The molecule has 0 saturated heterocycles. The number of ether oxygens (including phenoxy) is 1. The van der Waals surface area contributed by atoms with Crippen molar-refractivity contribution in [2.24, 2.45) is 0 Å². The van der Waals surface area contributed by atoms with Crippen LogP contribution in [-0.2, 0) is 11.3 Å². The maximum absolute atomic E-state index is 5.24. The van der Waals surface area contributed by atoms with Crippen molar-refractivity contribution in [3.63, 3.8) is 0 Å². The fourth-order valence-electron chi connectivity index (χ4n) is 0.765. The molecule has 0 aliphatic rings. The minimum Gasteiger partial charge on any atom is -0.376 e. The van der Waals surface area contributed by atoms with Gasteiger partial charge < -0.3 is 4.74 Å². The minimum atomic E-state index is 0.773. The number of hydrogen-bond donors (Lipinski definition) is 0. The van der Waals surface area contributed by atoms with E-state index in [1.165, 1.54) is 9.75 Å². The molecule has 0 spiro atoms. The Morgan fingerprint density at radius 2 is 1.71 bits per heavy atom. The quantitative estimate of drug-likeness (QED) is 0.715. The molecule has 0 aliphatic carbocycles. The first-order valence-corrected chi connectivity index (χ1v) is 6.27. The molecule has 1 aromatic rings. The second-order valence-corrected chi connectivity index (χ2v) is 3.52. The standard InChI is InChI=1S/C8H12OS.2C2H6/c1-3-9-6-8-5-4-7(2)10-8;2*1-2/h4-5H,3,6H2,1-2H3;2*1-2H3. The summed E-state index contributed by atoms with van der Waals surface area (Å²) in [6.07, 6.45) is 0. The normalized spacial score (nSPS) is 8.14. The predicted octanol–water partition coefficient (Wildman–Crippen LogP) is 4.65. The maximum Gasteiger partial charge on any atom is 0.0809 e. The first-order valence-electron chi connectivity index (χ1n) is 5.46. The molecule has 2 heteroatoms. The van der Waals surface area contributed by atoms with Crippen LogP contribution >= 0.6 is 11.3 Å². The lowest BCUT2D eigenvalue weighted by molar-refractivity contribution is 0.136. The summed E-state index contributed by atoms with van der Waals surface area (Å²) in [5, 5.41) is 0. The topological polar surface area (TPSA) is 9.23 Å². The molecule has 0 N–H and O–H groups in total. The van der Waals surface area contributed by atoms with Crippen molar-refractivity contribution >= 4 is 11.3 Å². The minimum absolute atomic E-state index is 0.773. The Hall–Kier alpha value is -0.340. The summed E-state index contributed by atoms with van der Waals surface area (Å²) >= 11 is 1.80. The van der Waals surface area contributed by atoms with Crippen molar-refractivity contribution in [1.29, 1.82) is 0 Å². The third-order valence-corrected chi connectivity index (χ3v) is 2.22. The van der Waals surface area contributed by atoms with Gasteiger partial charge in [0.1, 0.15) is 0 Å². The molecule has 0 fully saturated rings. The number of hydrogen-bond acceptors (Lipinski definition) is 2. The number of thiophene rings is 1. The highest BCUT2D eigenvalue weighted by Gasteiger charge is 1.94. The van der Waals surface area contributed by atoms with Crippen LogP contribution < -0.4 is 0 Å². The highest BCUT2D eigenvalue weighted by Crippen LogP contribution is 2.15. The van der Waals surface area contributed by atoms with Crippen molar-refractivity contribution in [2.45, 2.75) is 48.1 Å². The van der Waals surface area contributed by atoms with E-state index in [4.69, 9.17) is 4.74 Å². The molecular formula is C12H24OS. The van der Waals surface area contributed by atoms with Crippen molar-refractivity contribution < 1.29 is 4.74 Å². The van der Waals surface area contributed by atoms with Crippen LogP contribution in [0, 0.1) is 6.92 Å². The van der Waals surface area contributed by atoms with Gasteiger partial charge in [-0.05, 0) is 26.0 Å². The Morgan fingerprint density at radius 3 is 2.07 bits per heavy atom. The average Bonchev–Trinajstić information content (AvgIpc) is 2.67. The Balaban J connectivity index is 0. The van der Waals surface area contributed by atoms with Gasteiger partial charge in [-0.3, -0.25) is 0 Å². The first-order chi connectivity index (χ1) is 6.83. The summed E-state index contributed by atoms with van der Waals surface area (Å²) in [6.45, 7) is 13.7. The third-order valence-electron chi connectivity index (χ3n) is 1.24. The van der Waals surface area contributed by atoms with E-state index in [-0.39, 0.29) is 0 Å². The second-order valence-electron chi connectivity index (χ2n) is 2.15. The Kier molecular flexibility index (Phi) is 14.6. The summed E-state index contributed by atoms with van der Waals surface area (Å²) in [6, 6.07) is 4.24. The highest BCUT2D eigenvalue weighted by molar-refractivity contribution is 7.11. The lowest BCUT2D eigenvalue weighted by Crippen LogP contribution is -1.87. The zero-order valence-corrected chi connectivity index (χ0v) is 11.2. The van der Waals surface area contributed by atoms with Gasteiger partial charge in [0, 0.05) is 16.4 Å². The molecule has 0 amide bonds. The van der Waals surface area contributed by atoms with Gasteiger partial charge in [0.2, 0.25) is 0 Å². The summed E-state index contributed by atoms with van der Waals surface area (Å²) in [5.74, 6) is 0. The molecule has 1 aromatic heterocycles. The number of rotatable bonds is 3. The molecule has 0 unspecified atom stereocenters. The fourth-order valence-corrected chi connectivity index (χ4v) is 1.59. The van der Waals surface area contributed by atoms with E-state index in [0.29, 0.717) is 0 Å². The molecule has 0 saturated carbocycles. The highest BCUT2D eigenvalue weighted by atomic mass is 32.1. The molecule has 1 rings (SSSR count). The van der Waals surface area contributed by atoms with Gasteiger partial charge in [-0.1, -0.05) is 27.7 Å². The van der Waals surface area contributed by atoms with Gasteiger partial charge >= 0.3 is 0 Å². The summed E-state index contributed by atoms with van der Waals surface area (Å²) in [5.41, 5.74) is 0. The van der Waals surface area contributed by atoms with Crippen molar-refractivity contribution in [2.75, 3.05) is 6.61 Å². The molecule has 0 aromatic carbocycles. The van der Waals surface area contributed by atoms with E-state index in [2.05, 4.69) is 19.1 Å². The van der Waals surface area contributed by atoms with Crippen LogP contribution in [0.1, 0.15) is 44.4 Å². The molecule has 14 heavy (non-hydrogen) atoms. The number of aryl methyl sites for hydroxylation is 1. The fraction of sp³-hybridized carbons (Fsp3) is 0.667. The summed E-state index contributed by atoms with van der Waals surface area (Å²) < 4.78 is 5.24. The molecule has 0 aliphatic heterocycles. The van der Waals surface area contributed by atoms with Crippen LogP contribution in [0.2, 0.25) is 0 Å². The smallest absolute Gasteiger partial charge is 0.0809 e. The lowest BCUT2D eigenvalue weighted by atomic mass is 10.4. The maximum atomic E-state index is 5.24. The Morgan fingerprint density at radius 1 is 1.14 bits per heavy atom. The molecular weight excluding hydrogens is 192 g/mol. The molecule has 0 atom stereocenters. The van der Waals surface area contributed by atoms with Crippen LogP contribution in [0.4, 0.5) is 0 Å². The Bertz CT molecular complexity index is 194. The second kappa shape index (κ2) is 12.7. The molecule has 0 bridgehead atoms. The monoisotopic (exact) mass is 216 g/mol. The average molecular weight is 216 g/mol. The largest absolute Gasteiger partial charge is 0.376 e. The van der Waals surface area contributed by atoms with E-state index < -0.39 is 0 Å². The lowest BCUT2D eigenvalue weighted by Gasteiger charge is -1.94. The van der Waals surface area contributed by atoms with Gasteiger partial charge in [-0.15, -0.1) is 11.3 Å². The van der Waals surface area contributed by atoms with Crippen LogP contribution in [0.3, 0.4) is 0 Å². The molecule has 84 valence electrons. The van der Waals surface area contributed by atoms with Crippen LogP contribution in [0.5, 0.6) is 0 Å². The third kappa shape index (κ3) is 8.27. The van der Waals surface area contributed by atoms with Gasteiger partial charge in [0.25, 0.3) is 0 Å². The molecule has 1 nitrogen and oxygen atoms in total. The summed E-state index contributed by atoms with van der Waals surface area (Å²) in [7, 11) is 0. The van der Waals surface area contributed by atoms with Crippen molar-refractivity contribution in [3.8, 4) is 0 Å². The zero-order chi connectivity index (χ0) is 11.4. The van der Waals surface area contributed by atoms with Crippen molar-refractivity contribution in [1.82, 2.24) is 0 Å². The van der Waals surface area contributed by atoms with E-state index in [0.717, 1.165) is 13.2 Å². The van der Waals surface area contributed by atoms with Gasteiger partial charge in [-0.2, -0.15) is 0 Å². The zero-order valence-electron chi connectivity index (χ0n) is 10.4. The Labute approximate surface area is 93.1 Å². The van der Waals surface area contributed by atoms with Gasteiger partial charge in [-0.25, -0.2) is 0 Å². The van der Waals surface area contributed by atoms with Crippen LogP contribution in [0.15, 0.2) is 12.1 Å². The summed E-state index contributed by atoms with van der Waals surface area (Å²) in [4.78, 5) is 2.68. The molecule has 0 radical (unpaired) electrons. The van der Waals surface area contributed by atoms with Crippen molar-refractivity contribution in [3.05, 3.63) is 21.9 Å².